The first-order valence-corrected chi connectivity index (χ1v) is 10.6. The zero-order chi connectivity index (χ0) is 21.0. The molecule has 1 aliphatic heterocycles. The minimum atomic E-state index is -0.168. The van der Waals surface area contributed by atoms with Gasteiger partial charge < -0.3 is 14.8 Å². The van der Waals surface area contributed by atoms with Crippen LogP contribution in [0, 0.1) is 0 Å². The number of amides is 1. The first kappa shape index (κ1) is 19.4. The summed E-state index contributed by atoms with van der Waals surface area (Å²) in [6.07, 6.45) is 11.6. The summed E-state index contributed by atoms with van der Waals surface area (Å²) in [4.78, 5) is 16.5. The molecule has 0 unspecified atom stereocenters. The molecule has 2 aromatic heterocycles. The summed E-state index contributed by atoms with van der Waals surface area (Å²) in [5.41, 5.74) is 3.90. The van der Waals surface area contributed by atoms with E-state index in [-0.39, 0.29) is 12.7 Å². The Balaban J connectivity index is 1.27. The second kappa shape index (κ2) is 8.63. The van der Waals surface area contributed by atoms with Crippen LogP contribution in [0.5, 0.6) is 11.5 Å². The van der Waals surface area contributed by atoms with Crippen LogP contribution in [0.15, 0.2) is 54.9 Å². The third-order valence-corrected chi connectivity index (χ3v) is 5.70. The molecule has 31 heavy (non-hydrogen) atoms. The van der Waals surface area contributed by atoms with Crippen molar-refractivity contribution in [3.63, 3.8) is 0 Å². The molecule has 0 bridgehead atoms. The van der Waals surface area contributed by atoms with Gasteiger partial charge in [0.2, 0.25) is 12.7 Å². The maximum atomic E-state index is 12.3. The predicted octanol–water partition coefficient (Wildman–Crippen LogP) is 4.12. The smallest absolute Gasteiger partial charge is 0.244 e. The average Bonchev–Trinajstić information content (AvgIpc) is 3.56. The second-order valence-corrected chi connectivity index (χ2v) is 7.80. The Morgan fingerprint density at radius 3 is 2.74 bits per heavy atom. The lowest BCUT2D eigenvalue weighted by Gasteiger charge is -2.14. The van der Waals surface area contributed by atoms with Crippen molar-refractivity contribution in [3.8, 4) is 22.8 Å². The zero-order valence-corrected chi connectivity index (χ0v) is 17.2. The van der Waals surface area contributed by atoms with Crippen molar-refractivity contribution in [2.75, 3.05) is 6.79 Å². The van der Waals surface area contributed by atoms with Crippen LogP contribution in [0.4, 0.5) is 0 Å². The van der Waals surface area contributed by atoms with Crippen LogP contribution in [0.2, 0.25) is 0 Å². The van der Waals surface area contributed by atoms with E-state index in [1.165, 1.54) is 18.9 Å². The van der Waals surface area contributed by atoms with Gasteiger partial charge in [0.25, 0.3) is 0 Å². The van der Waals surface area contributed by atoms with Crippen LogP contribution < -0.4 is 14.8 Å². The first-order valence-electron chi connectivity index (χ1n) is 10.6. The average molecular weight is 416 g/mol. The molecule has 1 saturated carbocycles. The van der Waals surface area contributed by atoms with Gasteiger partial charge in [0.05, 0.1) is 24.0 Å². The number of carbonyl (C=O) groups excluding carboxylic acids is 1. The molecule has 7 heteroatoms. The Hall–Kier alpha value is -3.61. The minimum Gasteiger partial charge on any atom is -0.454 e. The Labute approximate surface area is 180 Å². The SMILES string of the molecule is O=C(C=Cc1ccc2c(c1)OCO2)NCc1cc(-c2ccncc2)n(C2CCCC2)n1. The Bertz CT molecular complexity index is 1100. The van der Waals surface area contributed by atoms with Crippen molar-refractivity contribution in [1.29, 1.82) is 0 Å². The second-order valence-electron chi connectivity index (χ2n) is 7.80. The van der Waals surface area contributed by atoms with Crippen molar-refractivity contribution < 1.29 is 14.3 Å². The molecule has 3 heterocycles. The molecule has 1 N–H and O–H groups in total. The lowest BCUT2D eigenvalue weighted by molar-refractivity contribution is -0.116. The number of pyridine rings is 1. The van der Waals surface area contributed by atoms with E-state index >= 15 is 0 Å². The maximum Gasteiger partial charge on any atom is 0.244 e. The number of carbonyl (C=O) groups is 1. The molecule has 0 spiro atoms. The standard InChI is InChI=1S/C24H24N4O3/c29-24(8-6-17-5-7-22-23(13-17)31-16-30-22)26-15-19-14-21(18-9-11-25-12-10-18)28(27-19)20-3-1-2-4-20/h5-14,20H,1-4,15-16H2,(H,26,29). The number of fused-ring (bicyclic) bond motifs is 1. The number of ether oxygens (including phenoxy) is 2. The maximum absolute atomic E-state index is 12.3. The van der Waals surface area contributed by atoms with Gasteiger partial charge in [-0.2, -0.15) is 5.10 Å². The fraction of sp³-hybridized carbons (Fsp3) is 0.292. The largest absolute Gasteiger partial charge is 0.454 e. The molecule has 158 valence electrons. The summed E-state index contributed by atoms with van der Waals surface area (Å²) >= 11 is 0. The lowest BCUT2D eigenvalue weighted by Crippen LogP contribution is -2.20. The molecular weight excluding hydrogens is 392 g/mol. The van der Waals surface area contributed by atoms with Crippen molar-refractivity contribution >= 4 is 12.0 Å². The van der Waals surface area contributed by atoms with E-state index in [0.717, 1.165) is 41.1 Å². The monoisotopic (exact) mass is 416 g/mol. The van der Waals surface area contributed by atoms with E-state index in [1.807, 2.05) is 30.3 Å². The van der Waals surface area contributed by atoms with Gasteiger partial charge in [-0.3, -0.25) is 14.5 Å². The Morgan fingerprint density at radius 1 is 1.10 bits per heavy atom. The molecule has 1 amide bonds. The van der Waals surface area contributed by atoms with Crippen LogP contribution in [-0.2, 0) is 11.3 Å². The van der Waals surface area contributed by atoms with Crippen molar-refractivity contribution in [2.45, 2.75) is 38.3 Å². The van der Waals surface area contributed by atoms with Gasteiger partial charge in [-0.15, -0.1) is 0 Å². The zero-order valence-electron chi connectivity index (χ0n) is 17.2. The van der Waals surface area contributed by atoms with E-state index in [4.69, 9.17) is 14.6 Å². The van der Waals surface area contributed by atoms with Gasteiger partial charge in [0.15, 0.2) is 11.5 Å². The summed E-state index contributed by atoms with van der Waals surface area (Å²) in [6.45, 7) is 0.611. The van der Waals surface area contributed by atoms with E-state index in [1.54, 1.807) is 18.5 Å². The Kier molecular flexibility index (Phi) is 5.39. The van der Waals surface area contributed by atoms with Crippen LogP contribution in [0.3, 0.4) is 0 Å². The predicted molar refractivity (Wildman–Crippen MR) is 116 cm³/mol. The molecule has 1 aromatic carbocycles. The fourth-order valence-corrected chi connectivity index (χ4v) is 4.12. The number of benzene rings is 1. The van der Waals surface area contributed by atoms with Crippen molar-refractivity contribution in [2.24, 2.45) is 0 Å². The summed E-state index contributed by atoms with van der Waals surface area (Å²) in [7, 11) is 0. The number of hydrogen-bond acceptors (Lipinski definition) is 5. The molecule has 0 atom stereocenters. The summed E-state index contributed by atoms with van der Waals surface area (Å²) in [5, 5.41) is 7.76. The van der Waals surface area contributed by atoms with Gasteiger partial charge in [-0.1, -0.05) is 18.9 Å². The highest BCUT2D eigenvalue weighted by Crippen LogP contribution is 2.34. The van der Waals surface area contributed by atoms with E-state index < -0.39 is 0 Å². The molecule has 5 rings (SSSR count). The first-order chi connectivity index (χ1) is 15.3. The highest BCUT2D eigenvalue weighted by molar-refractivity contribution is 5.91. The van der Waals surface area contributed by atoms with Gasteiger partial charge >= 0.3 is 0 Å². The summed E-state index contributed by atoms with van der Waals surface area (Å²) < 4.78 is 12.8. The fourth-order valence-electron chi connectivity index (χ4n) is 4.12. The lowest BCUT2D eigenvalue weighted by atomic mass is 10.1. The van der Waals surface area contributed by atoms with E-state index in [2.05, 4.69) is 21.0 Å². The van der Waals surface area contributed by atoms with Crippen LogP contribution >= 0.6 is 0 Å². The Morgan fingerprint density at radius 2 is 1.90 bits per heavy atom. The minimum absolute atomic E-state index is 0.168. The molecule has 1 aliphatic carbocycles. The summed E-state index contributed by atoms with van der Waals surface area (Å²) in [6, 6.07) is 12.1. The third kappa shape index (κ3) is 4.30. The summed E-state index contributed by atoms with van der Waals surface area (Å²) in [5.74, 6) is 1.26. The number of nitrogens with one attached hydrogen (secondary N) is 1. The van der Waals surface area contributed by atoms with E-state index in [9.17, 15) is 4.79 Å². The van der Waals surface area contributed by atoms with Crippen molar-refractivity contribution in [1.82, 2.24) is 20.1 Å². The molecule has 0 saturated heterocycles. The number of aromatic nitrogens is 3. The number of hydrogen-bond donors (Lipinski definition) is 1. The van der Waals surface area contributed by atoms with Gasteiger partial charge in [0.1, 0.15) is 0 Å². The third-order valence-electron chi connectivity index (χ3n) is 5.70. The van der Waals surface area contributed by atoms with Crippen molar-refractivity contribution in [3.05, 3.63) is 66.1 Å². The number of nitrogens with zero attached hydrogens (tertiary/aromatic N) is 3. The normalized spacial score (nSPS) is 15.6. The molecule has 0 radical (unpaired) electrons. The van der Waals surface area contributed by atoms with Crippen LogP contribution in [0.25, 0.3) is 17.3 Å². The van der Waals surface area contributed by atoms with Gasteiger partial charge in [0, 0.05) is 24.0 Å². The number of rotatable bonds is 6. The highest BCUT2D eigenvalue weighted by Gasteiger charge is 2.22. The molecule has 3 aromatic rings. The van der Waals surface area contributed by atoms with Gasteiger partial charge in [-0.05, 0) is 54.8 Å². The van der Waals surface area contributed by atoms with Crippen LogP contribution in [0.1, 0.15) is 43.0 Å². The molecule has 7 nitrogen and oxygen atoms in total. The van der Waals surface area contributed by atoms with Crippen LogP contribution in [-0.4, -0.2) is 27.5 Å². The van der Waals surface area contributed by atoms with Gasteiger partial charge in [-0.25, -0.2) is 0 Å². The molecular formula is C24H24N4O3. The molecule has 2 aliphatic rings. The molecule has 1 fully saturated rings. The van der Waals surface area contributed by atoms with E-state index in [0.29, 0.717) is 18.3 Å². The quantitative estimate of drug-likeness (QED) is 0.612. The topological polar surface area (TPSA) is 78.3 Å². The highest BCUT2D eigenvalue weighted by atomic mass is 16.7.